The summed E-state index contributed by atoms with van der Waals surface area (Å²) < 4.78 is 64.9. The van der Waals surface area contributed by atoms with Gasteiger partial charge in [-0.1, -0.05) is 49.2 Å². The first-order chi connectivity index (χ1) is 45.7. The van der Waals surface area contributed by atoms with Crippen LogP contribution >= 0.6 is 0 Å². The number of phenols is 1. The Bertz CT molecular complexity index is 3240. The summed E-state index contributed by atoms with van der Waals surface area (Å²) in [5.41, 5.74) is 4.15. The van der Waals surface area contributed by atoms with Gasteiger partial charge < -0.3 is 57.2 Å². The zero-order valence-electron chi connectivity index (χ0n) is 53.7. The number of hydrogen-bond donors (Lipinski definition) is 1. The van der Waals surface area contributed by atoms with Gasteiger partial charge >= 0.3 is 0 Å². The maximum Gasteiger partial charge on any atom is 0.199 e. The molecule has 0 amide bonds. The molecule has 0 spiro atoms. The smallest absolute Gasteiger partial charge is 0.199 e. The van der Waals surface area contributed by atoms with E-state index in [0.717, 1.165) is 169 Å². The fourth-order valence-electron chi connectivity index (χ4n) is 12.7. The molecule has 6 unspecified atom stereocenters. The summed E-state index contributed by atoms with van der Waals surface area (Å²) in [5, 5.41) is 10.3. The van der Waals surface area contributed by atoms with Crippen molar-refractivity contribution >= 4 is 17.9 Å². The number of likely N-dealkylation sites (tertiary alicyclic amines) is 2. The topological polar surface area (TPSA) is 179 Å². The lowest BCUT2D eigenvalue weighted by Gasteiger charge is -2.34. The summed E-state index contributed by atoms with van der Waals surface area (Å²) in [7, 11) is 0. The number of piperidine rings is 2. The minimum absolute atomic E-state index is 0.0119. The van der Waals surface area contributed by atoms with Crippen LogP contribution < -0.4 is 33.2 Å². The van der Waals surface area contributed by atoms with Crippen LogP contribution in [0.25, 0.3) is 0 Å². The second-order valence-corrected chi connectivity index (χ2v) is 24.9. The zero-order valence-corrected chi connectivity index (χ0v) is 53.7. The summed E-state index contributed by atoms with van der Waals surface area (Å²) >= 11 is 0. The Kier molecular flexibility index (Phi) is 25.3. The molecule has 6 fully saturated rings. The summed E-state index contributed by atoms with van der Waals surface area (Å²) in [6.45, 7) is 10.9. The first-order valence-electron chi connectivity index (χ1n) is 34.1. The number of ketones is 2. The molecule has 6 atom stereocenters. The van der Waals surface area contributed by atoms with Gasteiger partial charge in [-0.05, 0) is 205 Å². The van der Waals surface area contributed by atoms with E-state index in [9.17, 15) is 19.5 Å². The van der Waals surface area contributed by atoms with Crippen LogP contribution in [0.4, 0.5) is 0 Å². The fourth-order valence-corrected chi connectivity index (χ4v) is 12.7. The largest absolute Gasteiger partial charge is 0.507 e. The second-order valence-electron chi connectivity index (χ2n) is 24.9. The van der Waals surface area contributed by atoms with Crippen LogP contribution in [-0.4, -0.2) is 137 Å². The molecule has 0 saturated carbocycles. The van der Waals surface area contributed by atoms with Crippen molar-refractivity contribution in [1.82, 2.24) is 9.80 Å². The normalized spacial score (nSPS) is 22.6. The van der Waals surface area contributed by atoms with Crippen molar-refractivity contribution in [3.8, 4) is 46.0 Å². The van der Waals surface area contributed by atoms with Gasteiger partial charge in [-0.3, -0.25) is 24.2 Å². The van der Waals surface area contributed by atoms with Crippen molar-refractivity contribution in [2.24, 2.45) is 0 Å². The SMILES string of the molecule is O=C(Cc1ccc(OC2CCCCO2)cc1)c1ccc(OC2CCCCO2)cc1O.O=C1c2ccc(OC3CCCCO3)cc2OC(c2ccc(OCCN3CCCCC3)cc2)C1c1ccc(OC2CCCCO2)cc1.O=Cc1ccc(OCCN2CCCCC2)cc1. The standard InChI is InChI=1S/C38H45NO7.C24H28O6.C14H19NO2/c40-37-32-19-18-31(45-35-9-3-7-24-43-35)26-33(32)46-38(28-12-14-29(15-13-28)41-25-22-39-20-4-1-5-21-39)36(37)27-10-16-30(17-11-27)44-34-8-2-6-23-42-34;25-21(15-17-7-9-18(10-8-17)29-23-5-1-3-13-27-23)20-12-11-19(16-22(20)26)30-24-6-2-4-14-28-24;16-12-13-4-6-14(7-5-13)17-11-10-15-8-2-1-3-9-15/h10-19,26,34-36,38H,1-9,20-25H2;7-12,16,23-24,26H,1-6,13-15H2;4-7,12H,1-3,8-11H2. The van der Waals surface area contributed by atoms with Crippen LogP contribution in [0.2, 0.25) is 0 Å². The number of carbonyl (C=O) groups is 3. The van der Waals surface area contributed by atoms with Crippen LogP contribution in [0, 0.1) is 0 Å². The number of phenolic OH excluding ortho intramolecular Hbond substituents is 1. The first-order valence-corrected chi connectivity index (χ1v) is 34.1. The van der Waals surface area contributed by atoms with Gasteiger partial charge in [-0.25, -0.2) is 0 Å². The van der Waals surface area contributed by atoms with Gasteiger partial charge in [0.25, 0.3) is 0 Å². The average molecular weight is 1270 g/mol. The molecule has 496 valence electrons. The lowest BCUT2D eigenvalue weighted by molar-refractivity contribution is -0.106. The Morgan fingerprint density at radius 2 is 0.903 bits per heavy atom. The maximum atomic E-state index is 14.2. The molecular weight excluding hydrogens is 1180 g/mol. The van der Waals surface area contributed by atoms with Crippen molar-refractivity contribution in [3.63, 3.8) is 0 Å². The number of carbonyl (C=O) groups excluding carboxylic acids is 3. The van der Waals surface area contributed by atoms with E-state index in [1.54, 1.807) is 24.3 Å². The zero-order chi connectivity index (χ0) is 63.8. The monoisotopic (exact) mass is 1270 g/mol. The summed E-state index contributed by atoms with van der Waals surface area (Å²) in [6.07, 6.45) is 19.4. The van der Waals surface area contributed by atoms with Crippen LogP contribution in [0.15, 0.2) is 133 Å². The van der Waals surface area contributed by atoms with E-state index in [-0.39, 0.29) is 54.5 Å². The number of aldehydes is 1. The third-order valence-electron chi connectivity index (χ3n) is 18.0. The van der Waals surface area contributed by atoms with Crippen molar-refractivity contribution in [2.45, 2.75) is 159 Å². The predicted molar refractivity (Wildman–Crippen MR) is 353 cm³/mol. The third-order valence-corrected chi connectivity index (χ3v) is 18.0. The van der Waals surface area contributed by atoms with Gasteiger partial charge in [0, 0.05) is 62.9 Å². The Morgan fingerprint density at radius 3 is 1.38 bits per heavy atom. The van der Waals surface area contributed by atoms with E-state index in [1.807, 2.05) is 103 Å². The molecule has 6 aromatic carbocycles. The van der Waals surface area contributed by atoms with Crippen LogP contribution in [0.5, 0.6) is 46.0 Å². The van der Waals surface area contributed by atoms with Gasteiger partial charge in [0.05, 0.1) is 43.5 Å². The Labute approximate surface area is 547 Å². The van der Waals surface area contributed by atoms with Gasteiger partial charge in [0.1, 0.15) is 71.6 Å². The molecule has 0 radical (unpaired) electrons. The number of hydrogen-bond acceptors (Lipinski definition) is 17. The van der Waals surface area contributed by atoms with Crippen molar-refractivity contribution in [2.75, 3.05) is 78.9 Å². The quantitative estimate of drug-likeness (QED) is 0.0500. The molecule has 0 aromatic heterocycles. The van der Waals surface area contributed by atoms with Crippen molar-refractivity contribution < 1.29 is 71.6 Å². The molecule has 0 bridgehead atoms. The molecule has 7 aliphatic rings. The first kappa shape index (κ1) is 66.9. The van der Waals surface area contributed by atoms with E-state index in [0.29, 0.717) is 48.2 Å². The van der Waals surface area contributed by atoms with Crippen LogP contribution in [0.1, 0.15) is 175 Å². The highest BCUT2D eigenvalue weighted by Crippen LogP contribution is 2.46. The highest BCUT2D eigenvalue weighted by Gasteiger charge is 2.40. The molecule has 17 nitrogen and oxygen atoms in total. The van der Waals surface area contributed by atoms with E-state index in [1.165, 1.54) is 57.7 Å². The number of ether oxygens (including phenoxy) is 11. The van der Waals surface area contributed by atoms with Gasteiger partial charge in [-0.2, -0.15) is 0 Å². The van der Waals surface area contributed by atoms with E-state index in [2.05, 4.69) is 9.80 Å². The highest BCUT2D eigenvalue weighted by atomic mass is 16.7. The highest BCUT2D eigenvalue weighted by molar-refractivity contribution is 6.05. The lowest BCUT2D eigenvalue weighted by Crippen LogP contribution is -2.33. The number of nitrogens with zero attached hydrogens (tertiary/aromatic N) is 2. The molecule has 93 heavy (non-hydrogen) atoms. The van der Waals surface area contributed by atoms with Crippen molar-refractivity contribution in [3.05, 3.63) is 167 Å². The average Bonchev–Trinajstić information content (AvgIpc) is 0.895. The molecule has 0 aliphatic carbocycles. The van der Waals surface area contributed by atoms with Gasteiger partial charge in [0.15, 0.2) is 36.7 Å². The van der Waals surface area contributed by atoms with E-state index in [4.69, 9.17) is 52.1 Å². The molecule has 7 heterocycles. The van der Waals surface area contributed by atoms with Crippen LogP contribution in [0.3, 0.4) is 0 Å². The molecule has 1 N–H and O–H groups in total. The molecular formula is C76H92N2O15. The minimum atomic E-state index is -0.535. The third kappa shape index (κ3) is 20.3. The van der Waals surface area contributed by atoms with E-state index >= 15 is 0 Å². The second kappa shape index (κ2) is 35.1. The van der Waals surface area contributed by atoms with Crippen LogP contribution in [-0.2, 0) is 25.4 Å². The number of Topliss-reactive ketones (excluding diaryl/α,β-unsaturated/α-hetero) is 2. The van der Waals surface area contributed by atoms with Crippen molar-refractivity contribution in [1.29, 1.82) is 0 Å². The van der Waals surface area contributed by atoms with Gasteiger partial charge in [-0.15, -0.1) is 0 Å². The van der Waals surface area contributed by atoms with E-state index < -0.39 is 12.0 Å². The Morgan fingerprint density at radius 1 is 0.473 bits per heavy atom. The number of fused-ring (bicyclic) bond motifs is 1. The molecule has 17 heteroatoms. The molecule has 7 aliphatic heterocycles. The molecule has 13 rings (SSSR count). The number of rotatable bonds is 22. The molecule has 6 aromatic rings. The fraction of sp³-hybridized carbons (Fsp3) is 0.487. The Balaban J connectivity index is 0.000000160. The summed E-state index contributed by atoms with van der Waals surface area (Å²) in [6, 6.07) is 40.7. The molecule has 6 saturated heterocycles. The summed E-state index contributed by atoms with van der Waals surface area (Å²) in [4.78, 5) is 42.3. The minimum Gasteiger partial charge on any atom is -0.507 e. The summed E-state index contributed by atoms with van der Waals surface area (Å²) in [5.74, 6) is 4.02. The number of benzene rings is 6. The van der Waals surface area contributed by atoms with Gasteiger partial charge in [0.2, 0.25) is 0 Å². The maximum absolute atomic E-state index is 14.2. The lowest BCUT2D eigenvalue weighted by atomic mass is 9.81. The number of aromatic hydroxyl groups is 1. The Hall–Kier alpha value is -7.51. The predicted octanol–water partition coefficient (Wildman–Crippen LogP) is 14.5.